The van der Waals surface area contributed by atoms with Crippen LogP contribution < -0.4 is 5.73 Å². The SMILES string of the molecule is N#Cc1csc(CN2CCC(N)C2=O)c1. The van der Waals surface area contributed by atoms with Gasteiger partial charge in [0.2, 0.25) is 5.91 Å². The first kappa shape index (κ1) is 10.1. The third kappa shape index (κ3) is 2.01. The first-order valence-corrected chi connectivity index (χ1v) is 5.60. The second-order valence-electron chi connectivity index (χ2n) is 3.57. The molecule has 15 heavy (non-hydrogen) atoms. The second kappa shape index (κ2) is 4.01. The van der Waals surface area contributed by atoms with E-state index in [4.69, 9.17) is 11.0 Å². The van der Waals surface area contributed by atoms with Crippen LogP contribution in [0, 0.1) is 11.3 Å². The molecule has 1 amide bonds. The molecule has 0 saturated carbocycles. The molecule has 0 spiro atoms. The Balaban J connectivity index is 2.04. The Morgan fingerprint density at radius 2 is 2.53 bits per heavy atom. The van der Waals surface area contributed by atoms with Gasteiger partial charge in [-0.25, -0.2) is 0 Å². The maximum absolute atomic E-state index is 11.5. The van der Waals surface area contributed by atoms with Gasteiger partial charge in [0.15, 0.2) is 0 Å². The van der Waals surface area contributed by atoms with Crippen LogP contribution in [0.4, 0.5) is 0 Å². The quantitative estimate of drug-likeness (QED) is 0.798. The second-order valence-corrected chi connectivity index (χ2v) is 4.56. The van der Waals surface area contributed by atoms with E-state index >= 15 is 0 Å². The summed E-state index contributed by atoms with van der Waals surface area (Å²) >= 11 is 1.51. The molecule has 2 N–H and O–H groups in total. The lowest BCUT2D eigenvalue weighted by Crippen LogP contribution is -2.33. The van der Waals surface area contributed by atoms with E-state index in [1.54, 1.807) is 10.3 Å². The maximum atomic E-state index is 11.5. The fourth-order valence-corrected chi connectivity index (χ4v) is 2.45. The number of thiophene rings is 1. The summed E-state index contributed by atoms with van der Waals surface area (Å²) in [6.07, 6.45) is 0.731. The van der Waals surface area contributed by atoms with Crippen LogP contribution in [0.25, 0.3) is 0 Å². The van der Waals surface area contributed by atoms with Crippen molar-refractivity contribution in [1.82, 2.24) is 4.90 Å². The Morgan fingerprint density at radius 1 is 1.73 bits per heavy atom. The van der Waals surface area contributed by atoms with Crippen LogP contribution in [0.5, 0.6) is 0 Å². The zero-order valence-corrected chi connectivity index (χ0v) is 8.96. The molecule has 78 valence electrons. The highest BCUT2D eigenvalue weighted by Gasteiger charge is 2.28. The lowest BCUT2D eigenvalue weighted by atomic mass is 10.3. The topological polar surface area (TPSA) is 70.1 Å². The largest absolute Gasteiger partial charge is 0.336 e. The minimum atomic E-state index is -0.333. The molecule has 1 unspecified atom stereocenters. The smallest absolute Gasteiger partial charge is 0.239 e. The summed E-state index contributed by atoms with van der Waals surface area (Å²) in [6, 6.07) is 3.56. The van der Waals surface area contributed by atoms with Crippen LogP contribution in [-0.4, -0.2) is 23.4 Å². The summed E-state index contributed by atoms with van der Waals surface area (Å²) in [5.41, 5.74) is 6.27. The summed E-state index contributed by atoms with van der Waals surface area (Å²) < 4.78 is 0. The van der Waals surface area contributed by atoms with Gasteiger partial charge in [0.1, 0.15) is 6.07 Å². The first-order valence-electron chi connectivity index (χ1n) is 4.72. The number of hydrogen-bond donors (Lipinski definition) is 1. The van der Waals surface area contributed by atoms with Crippen molar-refractivity contribution in [2.24, 2.45) is 5.73 Å². The van der Waals surface area contributed by atoms with Crippen LogP contribution in [0.2, 0.25) is 0 Å². The van der Waals surface area contributed by atoms with Crippen LogP contribution in [0.3, 0.4) is 0 Å². The summed E-state index contributed by atoms with van der Waals surface area (Å²) in [4.78, 5) is 14.3. The van der Waals surface area contributed by atoms with Gasteiger partial charge in [0.05, 0.1) is 18.2 Å². The number of nitrogens with two attached hydrogens (primary N) is 1. The molecule has 0 aromatic carbocycles. The highest BCUT2D eigenvalue weighted by atomic mass is 32.1. The zero-order chi connectivity index (χ0) is 10.8. The Labute approximate surface area is 91.9 Å². The normalized spacial score (nSPS) is 20.7. The average Bonchev–Trinajstić information content (AvgIpc) is 2.80. The number of nitriles is 1. The van der Waals surface area contributed by atoms with E-state index in [0.29, 0.717) is 12.1 Å². The van der Waals surface area contributed by atoms with Crippen LogP contribution in [0.1, 0.15) is 16.9 Å². The molecule has 2 heterocycles. The zero-order valence-electron chi connectivity index (χ0n) is 8.14. The molecule has 0 bridgehead atoms. The number of amides is 1. The van der Waals surface area contributed by atoms with Crippen molar-refractivity contribution in [3.8, 4) is 6.07 Å². The van der Waals surface area contributed by atoms with Crippen molar-refractivity contribution >= 4 is 17.2 Å². The number of carbonyl (C=O) groups is 1. The van der Waals surface area contributed by atoms with Gasteiger partial charge in [-0.3, -0.25) is 4.79 Å². The molecule has 1 aliphatic heterocycles. The Bertz CT molecular complexity index is 421. The van der Waals surface area contributed by atoms with Gasteiger partial charge >= 0.3 is 0 Å². The minimum absolute atomic E-state index is 0.0157. The molecule has 1 fully saturated rings. The monoisotopic (exact) mass is 221 g/mol. The van der Waals surface area contributed by atoms with Crippen LogP contribution in [0.15, 0.2) is 11.4 Å². The third-order valence-electron chi connectivity index (χ3n) is 2.47. The maximum Gasteiger partial charge on any atom is 0.239 e. The van der Waals surface area contributed by atoms with Crippen molar-refractivity contribution in [2.75, 3.05) is 6.54 Å². The van der Waals surface area contributed by atoms with E-state index in [1.165, 1.54) is 11.3 Å². The molecule has 0 aliphatic carbocycles. The Hall–Kier alpha value is -1.38. The molecule has 1 saturated heterocycles. The molecule has 1 atom stereocenters. The van der Waals surface area contributed by atoms with E-state index in [9.17, 15) is 4.79 Å². The van der Waals surface area contributed by atoms with E-state index in [1.807, 2.05) is 6.07 Å². The predicted molar refractivity (Wildman–Crippen MR) is 57.0 cm³/mol. The fraction of sp³-hybridized carbons (Fsp3) is 0.400. The van der Waals surface area contributed by atoms with E-state index < -0.39 is 0 Å². The third-order valence-corrected chi connectivity index (χ3v) is 3.39. The standard InChI is InChI=1S/C10H11N3OS/c11-4-7-3-8(15-6-7)5-13-2-1-9(12)10(13)14/h3,6,9H,1-2,5,12H2. The molecule has 5 heteroatoms. The molecule has 1 aromatic rings. The number of nitrogens with zero attached hydrogens (tertiary/aromatic N) is 2. The number of carbonyl (C=O) groups excluding carboxylic acids is 1. The summed E-state index contributed by atoms with van der Waals surface area (Å²) in [7, 11) is 0. The van der Waals surface area contributed by atoms with Crippen LogP contribution in [-0.2, 0) is 11.3 Å². The fourth-order valence-electron chi connectivity index (χ4n) is 1.63. The lowest BCUT2D eigenvalue weighted by Gasteiger charge is -2.14. The molecular weight excluding hydrogens is 210 g/mol. The van der Waals surface area contributed by atoms with Crippen LogP contribution >= 0.6 is 11.3 Å². The van der Waals surface area contributed by atoms with Gasteiger partial charge in [0.25, 0.3) is 0 Å². The minimum Gasteiger partial charge on any atom is -0.336 e. The van der Waals surface area contributed by atoms with Gasteiger partial charge in [-0.05, 0) is 12.5 Å². The van der Waals surface area contributed by atoms with Crippen molar-refractivity contribution in [1.29, 1.82) is 5.26 Å². The lowest BCUT2D eigenvalue weighted by molar-refractivity contribution is -0.129. The van der Waals surface area contributed by atoms with Crippen molar-refractivity contribution in [3.63, 3.8) is 0 Å². The summed E-state index contributed by atoms with van der Waals surface area (Å²) in [5, 5.41) is 10.5. The Morgan fingerprint density at radius 3 is 3.07 bits per heavy atom. The van der Waals surface area contributed by atoms with Crippen molar-refractivity contribution in [3.05, 3.63) is 21.9 Å². The molecular formula is C10H11N3OS. The predicted octanol–water partition coefficient (Wildman–Crippen LogP) is 0.679. The highest BCUT2D eigenvalue weighted by Crippen LogP contribution is 2.19. The average molecular weight is 221 g/mol. The molecule has 1 aliphatic rings. The van der Waals surface area contributed by atoms with E-state index in [-0.39, 0.29) is 11.9 Å². The number of hydrogen-bond acceptors (Lipinski definition) is 4. The van der Waals surface area contributed by atoms with Crippen molar-refractivity contribution in [2.45, 2.75) is 19.0 Å². The summed E-state index contributed by atoms with van der Waals surface area (Å²) in [6.45, 7) is 1.30. The Kier molecular flexibility index (Phi) is 2.71. The molecule has 1 aromatic heterocycles. The summed E-state index contributed by atoms with van der Waals surface area (Å²) in [5.74, 6) is 0.0157. The van der Waals surface area contributed by atoms with Gasteiger partial charge < -0.3 is 10.6 Å². The van der Waals surface area contributed by atoms with Crippen molar-refractivity contribution < 1.29 is 4.79 Å². The van der Waals surface area contributed by atoms with Gasteiger partial charge in [-0.15, -0.1) is 11.3 Å². The number of rotatable bonds is 2. The van der Waals surface area contributed by atoms with E-state index in [2.05, 4.69) is 6.07 Å². The van der Waals surface area contributed by atoms with E-state index in [0.717, 1.165) is 17.8 Å². The molecule has 4 nitrogen and oxygen atoms in total. The highest BCUT2D eigenvalue weighted by molar-refractivity contribution is 7.10. The molecule has 2 rings (SSSR count). The number of likely N-dealkylation sites (tertiary alicyclic amines) is 1. The first-order chi connectivity index (χ1) is 7.20. The molecule has 0 radical (unpaired) electrons. The van der Waals surface area contributed by atoms with Gasteiger partial charge in [0, 0.05) is 16.8 Å². The van der Waals surface area contributed by atoms with Gasteiger partial charge in [-0.1, -0.05) is 0 Å². The van der Waals surface area contributed by atoms with Gasteiger partial charge in [-0.2, -0.15) is 5.26 Å².